The van der Waals surface area contributed by atoms with Crippen molar-refractivity contribution in [1.82, 2.24) is 0 Å². The molecular formula is C21H33N3Zr-8. The molecule has 0 unspecified atom stereocenters. The van der Waals surface area contributed by atoms with Crippen molar-refractivity contribution in [2.45, 2.75) is 66.1 Å². The summed E-state index contributed by atoms with van der Waals surface area (Å²) in [7, 11) is 0. The molecule has 0 atom stereocenters. The molecule has 3 nitrogen and oxygen atoms in total. The van der Waals surface area contributed by atoms with E-state index < -0.39 is 0 Å². The van der Waals surface area contributed by atoms with E-state index in [2.05, 4.69) is 36.4 Å². The molecule has 25 heavy (non-hydrogen) atoms. The van der Waals surface area contributed by atoms with Crippen LogP contribution in [-0.2, 0) is 26.2 Å². The van der Waals surface area contributed by atoms with Crippen LogP contribution in [0.15, 0.2) is 65.7 Å². The van der Waals surface area contributed by atoms with E-state index in [1.807, 2.05) is 88.4 Å². The minimum absolute atomic E-state index is 0. The molecular weight excluding hydrogens is 385 g/mol. The molecule has 2 aromatic rings. The molecule has 0 heterocycles. The summed E-state index contributed by atoms with van der Waals surface area (Å²) in [6.07, 6.45) is 0. The standard InChI is InChI=1S/C11H23N3.2C5H5.Zr/c1-8(2)12-10(13-9(3)4)14-11(5,6)7;2*1-2-4-5-3-1;/h8-9H,1-7H3;2*1-5H;/q-2;-5;-1;. The van der Waals surface area contributed by atoms with E-state index in [9.17, 15) is 0 Å². The molecule has 2 rings (SSSR count). The molecule has 0 aliphatic heterocycles. The van der Waals surface area contributed by atoms with E-state index in [1.54, 1.807) is 0 Å². The molecule has 0 amide bonds. The van der Waals surface area contributed by atoms with Gasteiger partial charge in [0.25, 0.3) is 0 Å². The molecule has 4 heteroatoms. The molecule has 0 spiro atoms. The van der Waals surface area contributed by atoms with Crippen LogP contribution in [0.4, 0.5) is 0 Å². The molecule has 0 N–H and O–H groups in total. The maximum Gasteiger partial charge on any atom is 0 e. The molecule has 144 valence electrons. The van der Waals surface area contributed by atoms with Crippen LogP contribution in [-0.4, -0.2) is 23.6 Å². The smallest absolute Gasteiger partial charge is 0 e. The van der Waals surface area contributed by atoms with Gasteiger partial charge in [-0.25, -0.2) is 12.1 Å². The average Bonchev–Trinajstić information content (AvgIpc) is 3.15. The molecule has 0 aliphatic carbocycles. The quantitative estimate of drug-likeness (QED) is 0.303. The Balaban J connectivity index is 0. The first kappa shape index (κ1) is 26.1. The second-order valence-electron chi connectivity index (χ2n) is 6.95. The first-order valence-electron chi connectivity index (χ1n) is 8.55. The summed E-state index contributed by atoms with van der Waals surface area (Å²) in [5.41, 5.74) is -0.105. The zero-order valence-electron chi connectivity index (χ0n) is 16.8. The Labute approximate surface area is 174 Å². The van der Waals surface area contributed by atoms with Crippen molar-refractivity contribution >= 4 is 5.96 Å². The van der Waals surface area contributed by atoms with E-state index in [0.29, 0.717) is 5.96 Å². The number of hydrogen-bond acceptors (Lipinski definition) is 1. The van der Waals surface area contributed by atoms with Gasteiger partial charge in [0, 0.05) is 26.2 Å². The second kappa shape index (κ2) is 15.1. The first-order valence-corrected chi connectivity index (χ1v) is 8.55. The fraction of sp³-hybridized carbons (Fsp3) is 0.476. The molecule has 0 saturated heterocycles. The molecule has 2 aromatic carbocycles. The maximum atomic E-state index is 4.47. The average molecular weight is 419 g/mol. The summed E-state index contributed by atoms with van der Waals surface area (Å²) < 4.78 is 0. The monoisotopic (exact) mass is 417 g/mol. The van der Waals surface area contributed by atoms with Gasteiger partial charge in [-0.2, -0.15) is 24.2 Å². The minimum Gasteiger partial charge on any atom is -0.748 e. The number of hydrogen-bond donors (Lipinski definition) is 0. The van der Waals surface area contributed by atoms with Gasteiger partial charge in [0.05, 0.1) is 0 Å². The Kier molecular flexibility index (Phi) is 15.8. The van der Waals surface area contributed by atoms with Crippen LogP contribution in [0.1, 0.15) is 48.5 Å². The number of nitrogens with zero attached hydrogens (tertiary/aromatic N) is 3. The van der Waals surface area contributed by atoms with Crippen LogP contribution in [0.5, 0.6) is 0 Å². The predicted molar refractivity (Wildman–Crippen MR) is 108 cm³/mol. The van der Waals surface area contributed by atoms with Gasteiger partial charge in [0.2, 0.25) is 0 Å². The summed E-state index contributed by atoms with van der Waals surface area (Å²) in [4.78, 5) is 4.39. The van der Waals surface area contributed by atoms with Gasteiger partial charge in [-0.1, -0.05) is 66.1 Å². The van der Waals surface area contributed by atoms with Crippen LogP contribution in [0.2, 0.25) is 0 Å². The zero-order chi connectivity index (χ0) is 18.4. The van der Waals surface area contributed by atoms with Crippen LogP contribution in [0, 0.1) is 0 Å². The van der Waals surface area contributed by atoms with Crippen LogP contribution < -0.4 is 0 Å². The molecule has 0 saturated carbocycles. The van der Waals surface area contributed by atoms with Gasteiger partial charge in [-0.05, 0) is 0 Å². The number of guanidine groups is 1. The normalized spacial score (nSPS) is 10.8. The van der Waals surface area contributed by atoms with E-state index >= 15 is 0 Å². The third kappa shape index (κ3) is 20.8. The summed E-state index contributed by atoms with van der Waals surface area (Å²) in [5.74, 6) is 0.641. The van der Waals surface area contributed by atoms with Crippen LogP contribution in [0.25, 0.3) is 10.6 Å². The summed E-state index contributed by atoms with van der Waals surface area (Å²) >= 11 is 0. The van der Waals surface area contributed by atoms with E-state index in [0.717, 1.165) is 0 Å². The largest absolute Gasteiger partial charge is 0.748 e. The third-order valence-corrected chi connectivity index (χ3v) is 2.29. The van der Waals surface area contributed by atoms with E-state index in [1.165, 1.54) is 0 Å². The summed E-state index contributed by atoms with van der Waals surface area (Å²) in [6, 6.07) is 20.5. The third-order valence-electron chi connectivity index (χ3n) is 2.29. The molecule has 0 aliphatic rings. The Hall–Kier alpha value is -1.15. The Bertz CT molecular complexity index is 431. The van der Waals surface area contributed by atoms with Crippen LogP contribution >= 0.6 is 0 Å². The van der Waals surface area contributed by atoms with Gasteiger partial charge >= 0.3 is 0 Å². The topological polar surface area (TPSA) is 40.6 Å². The van der Waals surface area contributed by atoms with Crippen molar-refractivity contribution in [2.24, 2.45) is 4.99 Å². The van der Waals surface area contributed by atoms with Crippen molar-refractivity contribution in [3.63, 3.8) is 0 Å². The SMILES string of the molecule is CC(C)N=C([N-]C(C)C)[N-]C(C)(C)C.[Zr].[cH-]1[cH-][cH-][cH-][cH-]1.c1cc[cH-]c1. The summed E-state index contributed by atoms with van der Waals surface area (Å²) in [6.45, 7) is 14.3. The van der Waals surface area contributed by atoms with Gasteiger partial charge in [-0.15, -0.1) is 0 Å². The van der Waals surface area contributed by atoms with Crippen molar-refractivity contribution in [3.8, 4) is 0 Å². The van der Waals surface area contributed by atoms with Crippen molar-refractivity contribution in [2.75, 3.05) is 0 Å². The molecule has 0 radical (unpaired) electrons. The number of rotatable bonds is 2. The van der Waals surface area contributed by atoms with Gasteiger partial charge in [-0.3, -0.25) is 0 Å². The zero-order valence-corrected chi connectivity index (χ0v) is 19.2. The summed E-state index contributed by atoms with van der Waals surface area (Å²) in [5, 5.41) is 8.86. The number of aliphatic imine (C=N–C) groups is 1. The molecule has 0 fully saturated rings. The van der Waals surface area contributed by atoms with Gasteiger partial charge in [0.15, 0.2) is 0 Å². The Morgan fingerprint density at radius 3 is 1.56 bits per heavy atom. The van der Waals surface area contributed by atoms with Gasteiger partial charge < -0.3 is 46.0 Å². The molecule has 0 bridgehead atoms. The Morgan fingerprint density at radius 1 is 0.880 bits per heavy atom. The maximum absolute atomic E-state index is 4.47. The van der Waals surface area contributed by atoms with Crippen molar-refractivity contribution in [1.29, 1.82) is 0 Å². The van der Waals surface area contributed by atoms with Crippen molar-refractivity contribution in [3.05, 3.63) is 71.3 Å². The van der Waals surface area contributed by atoms with Crippen molar-refractivity contribution < 1.29 is 26.2 Å². The molecule has 0 aromatic heterocycles. The van der Waals surface area contributed by atoms with Gasteiger partial charge in [0.1, 0.15) is 0 Å². The fourth-order valence-corrected chi connectivity index (χ4v) is 1.49. The minimum atomic E-state index is -0.105. The Morgan fingerprint density at radius 2 is 1.32 bits per heavy atom. The first-order chi connectivity index (χ1) is 11.2. The van der Waals surface area contributed by atoms with E-state index in [4.69, 9.17) is 0 Å². The van der Waals surface area contributed by atoms with Crippen LogP contribution in [0.3, 0.4) is 0 Å². The predicted octanol–water partition coefficient (Wildman–Crippen LogP) is 6.51. The van der Waals surface area contributed by atoms with E-state index in [-0.39, 0.29) is 43.8 Å². The fourth-order valence-electron chi connectivity index (χ4n) is 1.49. The second-order valence-corrected chi connectivity index (χ2v) is 6.95.